The van der Waals surface area contributed by atoms with Gasteiger partial charge in [-0.15, -0.1) is 0 Å². The van der Waals surface area contributed by atoms with Gasteiger partial charge in [-0.05, 0) is 34.8 Å². The van der Waals surface area contributed by atoms with Gasteiger partial charge in [0.25, 0.3) is 0 Å². The standard InChI is InChI=1S/C15H22O/c1-10-9-13(10)14(16)11-5-7-12(8-6-11)15(2,3)4/h5-8,10,13-14,16H,9H2,1-4H3. The van der Waals surface area contributed by atoms with Gasteiger partial charge in [0.1, 0.15) is 0 Å². The molecule has 1 aliphatic carbocycles. The number of hydrogen-bond donors (Lipinski definition) is 1. The van der Waals surface area contributed by atoms with Crippen molar-refractivity contribution in [3.63, 3.8) is 0 Å². The van der Waals surface area contributed by atoms with Crippen LogP contribution in [0.4, 0.5) is 0 Å². The lowest BCUT2D eigenvalue weighted by molar-refractivity contribution is 0.148. The van der Waals surface area contributed by atoms with Crippen LogP contribution in [0.25, 0.3) is 0 Å². The van der Waals surface area contributed by atoms with Crippen LogP contribution in [0.3, 0.4) is 0 Å². The molecule has 0 bridgehead atoms. The van der Waals surface area contributed by atoms with E-state index in [1.54, 1.807) is 0 Å². The third-order valence-corrected chi connectivity index (χ3v) is 3.70. The summed E-state index contributed by atoms with van der Waals surface area (Å²) in [4.78, 5) is 0. The van der Waals surface area contributed by atoms with Gasteiger partial charge in [-0.25, -0.2) is 0 Å². The molecule has 88 valence electrons. The Morgan fingerprint density at radius 2 is 1.69 bits per heavy atom. The highest BCUT2D eigenvalue weighted by atomic mass is 16.3. The van der Waals surface area contributed by atoms with Gasteiger partial charge >= 0.3 is 0 Å². The van der Waals surface area contributed by atoms with Crippen LogP contribution in [-0.4, -0.2) is 5.11 Å². The number of aliphatic hydroxyl groups is 1. The molecule has 0 radical (unpaired) electrons. The first-order valence-corrected chi connectivity index (χ1v) is 6.18. The van der Waals surface area contributed by atoms with Crippen molar-refractivity contribution in [1.29, 1.82) is 0 Å². The highest BCUT2D eigenvalue weighted by Gasteiger charge is 2.39. The summed E-state index contributed by atoms with van der Waals surface area (Å²) in [5.41, 5.74) is 2.59. The lowest BCUT2D eigenvalue weighted by atomic mass is 9.86. The van der Waals surface area contributed by atoms with Crippen LogP contribution < -0.4 is 0 Å². The van der Waals surface area contributed by atoms with Crippen LogP contribution in [0, 0.1) is 11.8 Å². The number of rotatable bonds is 2. The first-order chi connectivity index (χ1) is 7.39. The second kappa shape index (κ2) is 3.89. The fourth-order valence-electron chi connectivity index (χ4n) is 2.22. The molecule has 1 nitrogen and oxygen atoms in total. The van der Waals surface area contributed by atoms with E-state index in [2.05, 4.69) is 52.0 Å². The molecule has 1 aromatic rings. The lowest BCUT2D eigenvalue weighted by Crippen LogP contribution is -2.11. The Balaban J connectivity index is 2.13. The predicted molar refractivity (Wildman–Crippen MR) is 67.4 cm³/mol. The molecule has 3 unspecified atom stereocenters. The van der Waals surface area contributed by atoms with Gasteiger partial charge in [-0.1, -0.05) is 52.0 Å². The maximum absolute atomic E-state index is 10.1. The molecule has 3 atom stereocenters. The summed E-state index contributed by atoms with van der Waals surface area (Å²) in [6, 6.07) is 8.45. The van der Waals surface area contributed by atoms with E-state index in [0.29, 0.717) is 11.8 Å². The summed E-state index contributed by atoms with van der Waals surface area (Å²) in [5, 5.41) is 10.1. The molecule has 0 aromatic heterocycles. The van der Waals surface area contributed by atoms with Crippen molar-refractivity contribution in [2.45, 2.75) is 45.6 Å². The van der Waals surface area contributed by atoms with Gasteiger partial charge in [0.2, 0.25) is 0 Å². The molecule has 16 heavy (non-hydrogen) atoms. The van der Waals surface area contributed by atoms with Gasteiger partial charge in [0, 0.05) is 0 Å². The average molecular weight is 218 g/mol. The summed E-state index contributed by atoms with van der Waals surface area (Å²) in [5.74, 6) is 1.18. The largest absolute Gasteiger partial charge is 0.388 e. The van der Waals surface area contributed by atoms with E-state index < -0.39 is 0 Å². The number of aliphatic hydroxyl groups excluding tert-OH is 1. The zero-order valence-electron chi connectivity index (χ0n) is 10.7. The molecular formula is C15H22O. The molecule has 0 heterocycles. The zero-order chi connectivity index (χ0) is 11.9. The Morgan fingerprint density at radius 3 is 2.06 bits per heavy atom. The monoisotopic (exact) mass is 218 g/mol. The first kappa shape index (κ1) is 11.7. The van der Waals surface area contributed by atoms with Crippen molar-refractivity contribution < 1.29 is 5.11 Å². The van der Waals surface area contributed by atoms with Crippen molar-refractivity contribution in [3.05, 3.63) is 35.4 Å². The molecule has 1 N–H and O–H groups in total. The van der Waals surface area contributed by atoms with E-state index in [9.17, 15) is 5.11 Å². The Hall–Kier alpha value is -0.820. The third-order valence-electron chi connectivity index (χ3n) is 3.70. The third kappa shape index (κ3) is 2.30. The van der Waals surface area contributed by atoms with Crippen molar-refractivity contribution >= 4 is 0 Å². The summed E-state index contributed by atoms with van der Waals surface area (Å²) in [7, 11) is 0. The SMILES string of the molecule is CC1CC1C(O)c1ccc(C(C)(C)C)cc1. The maximum atomic E-state index is 10.1. The Labute approximate surface area is 98.5 Å². The summed E-state index contributed by atoms with van der Waals surface area (Å²) in [6.45, 7) is 8.83. The molecule has 1 saturated carbocycles. The van der Waals surface area contributed by atoms with Crippen molar-refractivity contribution in [1.82, 2.24) is 0 Å². The van der Waals surface area contributed by atoms with Gasteiger partial charge in [-0.3, -0.25) is 0 Å². The minimum atomic E-state index is -0.260. The fourth-order valence-corrected chi connectivity index (χ4v) is 2.22. The van der Waals surface area contributed by atoms with E-state index in [1.165, 1.54) is 12.0 Å². The van der Waals surface area contributed by atoms with E-state index >= 15 is 0 Å². The summed E-state index contributed by atoms with van der Waals surface area (Å²) >= 11 is 0. The Kier molecular flexibility index (Phi) is 2.83. The normalized spacial score (nSPS) is 26.6. The Morgan fingerprint density at radius 1 is 1.19 bits per heavy atom. The maximum Gasteiger partial charge on any atom is 0.0820 e. The average Bonchev–Trinajstić information content (AvgIpc) is 2.93. The molecule has 1 heteroatoms. The molecule has 1 aromatic carbocycles. The van der Waals surface area contributed by atoms with E-state index in [0.717, 1.165) is 5.56 Å². The highest BCUT2D eigenvalue weighted by molar-refractivity contribution is 5.29. The van der Waals surface area contributed by atoms with Gasteiger partial charge in [-0.2, -0.15) is 0 Å². The number of benzene rings is 1. The van der Waals surface area contributed by atoms with E-state index in [-0.39, 0.29) is 11.5 Å². The van der Waals surface area contributed by atoms with Crippen LogP contribution in [0.1, 0.15) is 51.3 Å². The van der Waals surface area contributed by atoms with Crippen molar-refractivity contribution in [2.75, 3.05) is 0 Å². The molecule has 0 amide bonds. The lowest BCUT2D eigenvalue weighted by Gasteiger charge is -2.20. The van der Waals surface area contributed by atoms with Crippen molar-refractivity contribution in [2.24, 2.45) is 11.8 Å². The van der Waals surface area contributed by atoms with Gasteiger partial charge in [0.05, 0.1) is 6.10 Å². The van der Waals surface area contributed by atoms with Crippen LogP contribution >= 0.6 is 0 Å². The van der Waals surface area contributed by atoms with Crippen LogP contribution in [0.5, 0.6) is 0 Å². The smallest absolute Gasteiger partial charge is 0.0820 e. The molecule has 1 fully saturated rings. The van der Waals surface area contributed by atoms with Gasteiger partial charge in [0.15, 0.2) is 0 Å². The van der Waals surface area contributed by atoms with E-state index in [1.807, 2.05) is 0 Å². The summed E-state index contributed by atoms with van der Waals surface area (Å²) < 4.78 is 0. The second-order valence-electron chi connectivity index (χ2n) is 6.19. The molecule has 1 aliphatic rings. The molecular weight excluding hydrogens is 196 g/mol. The van der Waals surface area contributed by atoms with Crippen LogP contribution in [0.15, 0.2) is 24.3 Å². The van der Waals surface area contributed by atoms with Gasteiger partial charge < -0.3 is 5.11 Å². The first-order valence-electron chi connectivity index (χ1n) is 6.18. The molecule has 0 spiro atoms. The zero-order valence-corrected chi connectivity index (χ0v) is 10.7. The fraction of sp³-hybridized carbons (Fsp3) is 0.600. The second-order valence-corrected chi connectivity index (χ2v) is 6.19. The van der Waals surface area contributed by atoms with Crippen LogP contribution in [-0.2, 0) is 5.41 Å². The van der Waals surface area contributed by atoms with Crippen molar-refractivity contribution in [3.8, 4) is 0 Å². The summed E-state index contributed by atoms with van der Waals surface area (Å²) in [6.07, 6.45) is 0.909. The quantitative estimate of drug-likeness (QED) is 0.803. The topological polar surface area (TPSA) is 20.2 Å². The predicted octanol–water partition coefficient (Wildman–Crippen LogP) is 3.67. The molecule has 0 aliphatic heterocycles. The number of hydrogen-bond acceptors (Lipinski definition) is 1. The minimum absolute atomic E-state index is 0.191. The van der Waals surface area contributed by atoms with Crippen LogP contribution in [0.2, 0.25) is 0 Å². The minimum Gasteiger partial charge on any atom is -0.388 e. The molecule has 2 rings (SSSR count). The van der Waals surface area contributed by atoms with E-state index in [4.69, 9.17) is 0 Å². The Bertz CT molecular complexity index is 358. The highest BCUT2D eigenvalue weighted by Crippen LogP contribution is 2.46. The molecule has 0 saturated heterocycles.